The van der Waals surface area contributed by atoms with Gasteiger partial charge in [0.2, 0.25) is 0 Å². The lowest BCUT2D eigenvalue weighted by Gasteiger charge is -2.09. The molecule has 0 aliphatic heterocycles. The Kier molecular flexibility index (Phi) is 1.83. The Balaban J connectivity index is 2.69. The van der Waals surface area contributed by atoms with Crippen molar-refractivity contribution < 1.29 is 0 Å². The van der Waals surface area contributed by atoms with Gasteiger partial charge in [0.15, 0.2) is 0 Å². The summed E-state index contributed by atoms with van der Waals surface area (Å²) >= 11 is 0. The highest BCUT2D eigenvalue weighted by Crippen LogP contribution is 2.19. The van der Waals surface area contributed by atoms with Crippen molar-refractivity contribution in [2.45, 2.75) is 26.7 Å². The number of fused-ring (bicyclic) bond motifs is 1. The number of imidazole rings is 1. The van der Waals surface area contributed by atoms with Gasteiger partial charge in [-0.3, -0.25) is 0 Å². The first-order valence-corrected chi connectivity index (χ1v) is 4.61. The topological polar surface area (TPSA) is 17.3 Å². The predicted octanol–water partition coefficient (Wildman–Crippen LogP) is 2.77. The minimum absolute atomic E-state index is 0.576. The minimum Gasteiger partial charge on any atom is -0.307 e. The van der Waals surface area contributed by atoms with Gasteiger partial charge in [-0.05, 0) is 30.0 Å². The molecule has 0 bridgehead atoms. The van der Waals surface area contributed by atoms with E-state index in [4.69, 9.17) is 0 Å². The van der Waals surface area contributed by atoms with E-state index < -0.39 is 0 Å². The molecule has 2 heteroatoms. The molecule has 0 saturated carbocycles. The second kappa shape index (κ2) is 2.87. The van der Waals surface area contributed by atoms with Crippen LogP contribution >= 0.6 is 0 Å². The number of aromatic nitrogens is 2. The molecular weight excluding hydrogens is 160 g/mol. The van der Waals surface area contributed by atoms with E-state index in [9.17, 15) is 0 Å². The summed E-state index contributed by atoms with van der Waals surface area (Å²) in [5, 5.41) is 0. The molecule has 0 unspecified atom stereocenters. The first-order valence-electron chi connectivity index (χ1n) is 4.61. The number of aryl methyl sites for hydroxylation is 1. The van der Waals surface area contributed by atoms with Gasteiger partial charge in [-0.1, -0.05) is 13.8 Å². The van der Waals surface area contributed by atoms with Crippen LogP contribution in [0.5, 0.6) is 0 Å². The fraction of sp³-hybridized carbons (Fsp3) is 0.364. The Morgan fingerprint density at radius 1 is 1.38 bits per heavy atom. The Bertz CT molecular complexity index is 427. The van der Waals surface area contributed by atoms with Crippen molar-refractivity contribution in [3.05, 3.63) is 35.8 Å². The van der Waals surface area contributed by atoms with Crippen LogP contribution in [-0.2, 0) is 0 Å². The zero-order valence-corrected chi connectivity index (χ0v) is 8.28. The summed E-state index contributed by atoms with van der Waals surface area (Å²) in [5.74, 6) is 0.576. The fourth-order valence-electron chi connectivity index (χ4n) is 1.68. The quantitative estimate of drug-likeness (QED) is 0.649. The van der Waals surface area contributed by atoms with E-state index in [-0.39, 0.29) is 0 Å². The van der Waals surface area contributed by atoms with Gasteiger partial charge in [0.05, 0.1) is 0 Å². The van der Waals surface area contributed by atoms with E-state index in [0.29, 0.717) is 5.92 Å². The van der Waals surface area contributed by atoms with Gasteiger partial charge in [0, 0.05) is 18.6 Å². The first-order chi connectivity index (χ1) is 6.18. The van der Waals surface area contributed by atoms with Crippen molar-refractivity contribution in [2.75, 3.05) is 0 Å². The lowest BCUT2D eigenvalue weighted by atomic mass is 10.0. The van der Waals surface area contributed by atoms with Gasteiger partial charge in [-0.25, -0.2) is 4.98 Å². The third kappa shape index (κ3) is 1.32. The van der Waals surface area contributed by atoms with Gasteiger partial charge in [-0.2, -0.15) is 0 Å². The Morgan fingerprint density at radius 3 is 2.85 bits per heavy atom. The molecule has 2 nitrogen and oxygen atoms in total. The minimum atomic E-state index is 0.576. The second-order valence-electron chi connectivity index (χ2n) is 3.76. The predicted molar refractivity (Wildman–Crippen MR) is 54.0 cm³/mol. The van der Waals surface area contributed by atoms with E-state index in [2.05, 4.69) is 42.4 Å². The average Bonchev–Trinajstić information content (AvgIpc) is 2.48. The van der Waals surface area contributed by atoms with Crippen LogP contribution in [0.25, 0.3) is 5.65 Å². The third-order valence-electron chi connectivity index (χ3n) is 2.40. The highest BCUT2D eigenvalue weighted by Gasteiger charge is 2.05. The molecule has 0 radical (unpaired) electrons. The van der Waals surface area contributed by atoms with Crippen molar-refractivity contribution in [3.8, 4) is 0 Å². The smallest absolute Gasteiger partial charge is 0.136 e. The highest BCUT2D eigenvalue weighted by molar-refractivity contribution is 5.44. The summed E-state index contributed by atoms with van der Waals surface area (Å²) in [5.41, 5.74) is 3.75. The van der Waals surface area contributed by atoms with Gasteiger partial charge in [0.25, 0.3) is 0 Å². The van der Waals surface area contributed by atoms with Crippen molar-refractivity contribution in [1.82, 2.24) is 9.38 Å². The Labute approximate surface area is 78.2 Å². The molecule has 0 atom stereocenters. The summed E-state index contributed by atoms with van der Waals surface area (Å²) in [7, 11) is 0. The molecule has 0 saturated heterocycles. The normalized spacial score (nSPS) is 11.4. The fourth-order valence-corrected chi connectivity index (χ4v) is 1.68. The van der Waals surface area contributed by atoms with Gasteiger partial charge in [0.1, 0.15) is 5.65 Å². The molecule has 0 fully saturated rings. The maximum atomic E-state index is 4.24. The zero-order chi connectivity index (χ0) is 9.42. The molecule has 0 aliphatic rings. The first kappa shape index (κ1) is 8.30. The Hall–Kier alpha value is -1.31. The summed E-state index contributed by atoms with van der Waals surface area (Å²) in [6.45, 7) is 6.57. The largest absolute Gasteiger partial charge is 0.307 e. The lowest BCUT2D eigenvalue weighted by Crippen LogP contribution is -1.95. The van der Waals surface area contributed by atoms with Crippen LogP contribution in [0.4, 0.5) is 0 Å². The van der Waals surface area contributed by atoms with Crippen LogP contribution < -0.4 is 0 Å². The van der Waals surface area contributed by atoms with E-state index in [1.165, 1.54) is 11.1 Å². The summed E-state index contributed by atoms with van der Waals surface area (Å²) < 4.78 is 2.07. The van der Waals surface area contributed by atoms with Crippen LogP contribution in [0.2, 0.25) is 0 Å². The van der Waals surface area contributed by atoms with Crippen LogP contribution in [0.15, 0.2) is 24.7 Å². The van der Waals surface area contributed by atoms with E-state index in [1.807, 2.05) is 12.4 Å². The Morgan fingerprint density at radius 2 is 2.15 bits per heavy atom. The molecule has 0 N–H and O–H groups in total. The number of nitrogens with zero attached hydrogens (tertiary/aromatic N) is 2. The molecule has 68 valence electrons. The van der Waals surface area contributed by atoms with Crippen LogP contribution in [-0.4, -0.2) is 9.38 Å². The van der Waals surface area contributed by atoms with E-state index in [0.717, 1.165) is 5.65 Å². The molecule has 2 rings (SSSR count). The number of rotatable bonds is 1. The van der Waals surface area contributed by atoms with E-state index >= 15 is 0 Å². The number of pyridine rings is 1. The number of hydrogen-bond donors (Lipinski definition) is 0. The van der Waals surface area contributed by atoms with Crippen LogP contribution in [0.3, 0.4) is 0 Å². The molecule has 0 amide bonds. The SMILES string of the molecule is Cc1cc2nccn2cc1C(C)C. The molecule has 0 aliphatic carbocycles. The molecule has 2 aromatic rings. The standard InChI is InChI=1S/C11H14N2/c1-8(2)10-7-13-5-4-12-11(13)6-9(10)3/h4-8H,1-3H3. The molecular formula is C11H14N2. The monoisotopic (exact) mass is 174 g/mol. The second-order valence-corrected chi connectivity index (χ2v) is 3.76. The highest BCUT2D eigenvalue weighted by atomic mass is 15.0. The molecule has 13 heavy (non-hydrogen) atoms. The van der Waals surface area contributed by atoms with E-state index in [1.54, 1.807) is 0 Å². The molecule has 2 heterocycles. The summed E-state index contributed by atoms with van der Waals surface area (Å²) in [6, 6.07) is 2.13. The van der Waals surface area contributed by atoms with Crippen molar-refractivity contribution in [3.63, 3.8) is 0 Å². The van der Waals surface area contributed by atoms with Crippen LogP contribution in [0.1, 0.15) is 30.9 Å². The van der Waals surface area contributed by atoms with Crippen molar-refractivity contribution >= 4 is 5.65 Å². The molecule has 0 aromatic carbocycles. The number of hydrogen-bond acceptors (Lipinski definition) is 1. The summed E-state index contributed by atoms with van der Waals surface area (Å²) in [6.07, 6.45) is 5.99. The lowest BCUT2D eigenvalue weighted by molar-refractivity contribution is 0.843. The average molecular weight is 174 g/mol. The van der Waals surface area contributed by atoms with Gasteiger partial charge in [-0.15, -0.1) is 0 Å². The zero-order valence-electron chi connectivity index (χ0n) is 8.28. The van der Waals surface area contributed by atoms with Gasteiger partial charge >= 0.3 is 0 Å². The molecule has 0 spiro atoms. The van der Waals surface area contributed by atoms with Gasteiger partial charge < -0.3 is 4.40 Å². The maximum absolute atomic E-state index is 4.24. The van der Waals surface area contributed by atoms with Crippen molar-refractivity contribution in [2.24, 2.45) is 0 Å². The summed E-state index contributed by atoms with van der Waals surface area (Å²) in [4.78, 5) is 4.24. The van der Waals surface area contributed by atoms with Crippen molar-refractivity contribution in [1.29, 1.82) is 0 Å². The third-order valence-corrected chi connectivity index (χ3v) is 2.40. The maximum Gasteiger partial charge on any atom is 0.136 e. The van der Waals surface area contributed by atoms with Crippen LogP contribution in [0, 0.1) is 6.92 Å². The molecule has 2 aromatic heterocycles.